The SMILES string of the molecule is CCOc1cc(C#Cc2ccccc2)c2c(c1)CCN(c1ccc(C(=O)Nc3ccc(NC4CCCCC4)cc3)cc1)C2. The van der Waals surface area contributed by atoms with Gasteiger partial charge in [-0.15, -0.1) is 0 Å². The number of carbonyl (C=O) groups is 1. The van der Waals surface area contributed by atoms with Gasteiger partial charge in [0.2, 0.25) is 0 Å². The summed E-state index contributed by atoms with van der Waals surface area (Å²) in [7, 11) is 0. The molecule has 1 heterocycles. The second-order valence-corrected chi connectivity index (χ2v) is 11.4. The molecule has 1 amide bonds. The fourth-order valence-electron chi connectivity index (χ4n) is 6.04. The number of nitrogens with one attached hydrogen (secondary N) is 2. The molecule has 4 aromatic carbocycles. The summed E-state index contributed by atoms with van der Waals surface area (Å²) in [4.78, 5) is 15.4. The highest BCUT2D eigenvalue weighted by molar-refractivity contribution is 6.04. The minimum atomic E-state index is -0.106. The summed E-state index contributed by atoms with van der Waals surface area (Å²) in [6.45, 7) is 4.28. The van der Waals surface area contributed by atoms with Gasteiger partial charge < -0.3 is 20.3 Å². The van der Waals surface area contributed by atoms with E-state index in [-0.39, 0.29) is 5.91 Å². The Kier molecular flexibility index (Phi) is 8.94. The van der Waals surface area contributed by atoms with Gasteiger partial charge in [-0.05, 0) is 110 Å². The molecule has 0 aromatic heterocycles. The van der Waals surface area contributed by atoms with Crippen LogP contribution in [-0.4, -0.2) is 25.1 Å². The monoisotopic (exact) mass is 569 g/mol. The molecule has 5 heteroatoms. The first-order chi connectivity index (χ1) is 21.1. The van der Waals surface area contributed by atoms with Crippen molar-refractivity contribution in [2.75, 3.05) is 28.7 Å². The zero-order valence-corrected chi connectivity index (χ0v) is 24.9. The van der Waals surface area contributed by atoms with Crippen LogP contribution in [0.15, 0.2) is 91.0 Å². The van der Waals surface area contributed by atoms with E-state index >= 15 is 0 Å². The molecule has 1 fully saturated rings. The topological polar surface area (TPSA) is 53.6 Å². The number of ether oxygens (including phenoxy) is 1. The Hall–Kier alpha value is -4.69. The van der Waals surface area contributed by atoms with Gasteiger partial charge in [0.05, 0.1) is 6.61 Å². The summed E-state index contributed by atoms with van der Waals surface area (Å²) >= 11 is 0. The first kappa shape index (κ1) is 28.4. The summed E-state index contributed by atoms with van der Waals surface area (Å²) in [6, 6.07) is 30.8. The number of fused-ring (bicyclic) bond motifs is 1. The molecule has 1 aliphatic heterocycles. The van der Waals surface area contributed by atoms with Crippen LogP contribution >= 0.6 is 0 Å². The Balaban J connectivity index is 1.12. The van der Waals surface area contributed by atoms with E-state index in [0.717, 1.165) is 53.4 Å². The molecule has 2 aliphatic rings. The highest BCUT2D eigenvalue weighted by Gasteiger charge is 2.21. The molecule has 0 atom stereocenters. The first-order valence-electron chi connectivity index (χ1n) is 15.5. The number of nitrogens with zero attached hydrogens (tertiary/aromatic N) is 1. The van der Waals surface area contributed by atoms with Crippen LogP contribution in [-0.2, 0) is 13.0 Å². The fraction of sp³-hybridized carbons (Fsp3) is 0.289. The lowest BCUT2D eigenvalue weighted by molar-refractivity contribution is 0.102. The standard InChI is InChI=1S/C38H39N3O2/c1-2-43-36-25-30(14-13-28-9-5-3-6-10-28)37-27-41(24-23-31(37)26-36)35-21-15-29(16-22-35)38(42)40-34-19-17-33(18-20-34)39-32-11-7-4-8-12-32/h3,5-6,9-10,15-22,25-26,32,39H,2,4,7-8,11-12,23-24,27H2,1H3,(H,40,42). The maximum Gasteiger partial charge on any atom is 0.255 e. The van der Waals surface area contributed by atoms with Gasteiger partial charge in [-0.25, -0.2) is 0 Å². The average Bonchev–Trinajstić information content (AvgIpc) is 3.05. The van der Waals surface area contributed by atoms with Crippen LogP contribution in [0.5, 0.6) is 5.75 Å². The van der Waals surface area contributed by atoms with Crippen molar-refractivity contribution in [3.05, 3.63) is 119 Å². The first-order valence-corrected chi connectivity index (χ1v) is 15.5. The Labute approximate surface area is 255 Å². The van der Waals surface area contributed by atoms with E-state index in [9.17, 15) is 4.79 Å². The van der Waals surface area contributed by atoms with Gasteiger partial charge >= 0.3 is 0 Å². The van der Waals surface area contributed by atoms with Crippen molar-refractivity contribution in [3.8, 4) is 17.6 Å². The van der Waals surface area contributed by atoms with Crippen molar-refractivity contribution in [1.82, 2.24) is 0 Å². The molecule has 4 aromatic rings. The molecule has 0 radical (unpaired) electrons. The molecular weight excluding hydrogens is 530 g/mol. The number of anilines is 3. The summed E-state index contributed by atoms with van der Waals surface area (Å²) in [5.74, 6) is 7.51. The van der Waals surface area contributed by atoms with Crippen molar-refractivity contribution < 1.29 is 9.53 Å². The second kappa shape index (κ2) is 13.5. The lowest BCUT2D eigenvalue weighted by Gasteiger charge is -2.32. The number of carbonyl (C=O) groups excluding carboxylic acids is 1. The Morgan fingerprint density at radius 1 is 0.884 bits per heavy atom. The molecule has 5 nitrogen and oxygen atoms in total. The molecule has 0 spiro atoms. The van der Waals surface area contributed by atoms with Crippen molar-refractivity contribution in [3.63, 3.8) is 0 Å². The molecule has 0 bridgehead atoms. The Bertz CT molecular complexity index is 1600. The predicted octanol–water partition coefficient (Wildman–Crippen LogP) is 8.04. The third kappa shape index (κ3) is 7.21. The van der Waals surface area contributed by atoms with Gasteiger partial charge in [0.1, 0.15) is 5.75 Å². The molecule has 218 valence electrons. The van der Waals surface area contributed by atoms with Crippen molar-refractivity contribution in [1.29, 1.82) is 0 Å². The molecule has 43 heavy (non-hydrogen) atoms. The number of amides is 1. The largest absolute Gasteiger partial charge is 0.494 e. The van der Waals surface area contributed by atoms with E-state index in [2.05, 4.69) is 51.6 Å². The quantitative estimate of drug-likeness (QED) is 0.221. The van der Waals surface area contributed by atoms with E-state index in [1.807, 2.05) is 73.7 Å². The molecule has 1 aliphatic carbocycles. The number of rotatable bonds is 7. The molecule has 2 N–H and O–H groups in total. The van der Waals surface area contributed by atoms with Gasteiger partial charge in [0.25, 0.3) is 5.91 Å². The summed E-state index contributed by atoms with van der Waals surface area (Å²) < 4.78 is 5.87. The van der Waals surface area contributed by atoms with E-state index < -0.39 is 0 Å². The van der Waals surface area contributed by atoms with Crippen molar-refractivity contribution in [2.24, 2.45) is 0 Å². The Morgan fingerprint density at radius 2 is 1.63 bits per heavy atom. The van der Waals surface area contributed by atoms with Crippen LogP contribution in [0.25, 0.3) is 0 Å². The van der Waals surface area contributed by atoms with Crippen LogP contribution in [0.3, 0.4) is 0 Å². The van der Waals surface area contributed by atoms with E-state index in [1.54, 1.807) is 0 Å². The molecule has 0 unspecified atom stereocenters. The molecule has 6 rings (SSSR count). The van der Waals surface area contributed by atoms with E-state index in [0.29, 0.717) is 18.2 Å². The maximum absolute atomic E-state index is 13.0. The fourth-order valence-corrected chi connectivity index (χ4v) is 6.04. The van der Waals surface area contributed by atoms with Gasteiger partial charge in [0.15, 0.2) is 0 Å². The zero-order valence-electron chi connectivity index (χ0n) is 24.9. The minimum Gasteiger partial charge on any atom is -0.494 e. The number of hydrogen-bond acceptors (Lipinski definition) is 4. The normalized spacial score (nSPS) is 14.7. The van der Waals surface area contributed by atoms with E-state index in [4.69, 9.17) is 4.74 Å². The van der Waals surface area contributed by atoms with Crippen LogP contribution < -0.4 is 20.3 Å². The third-order valence-corrected chi connectivity index (χ3v) is 8.36. The highest BCUT2D eigenvalue weighted by Crippen LogP contribution is 2.31. The molecular formula is C38H39N3O2. The number of hydrogen-bond donors (Lipinski definition) is 2. The molecule has 1 saturated carbocycles. The minimum absolute atomic E-state index is 0.106. The van der Waals surface area contributed by atoms with Crippen LogP contribution in [0.2, 0.25) is 0 Å². The van der Waals surface area contributed by atoms with Crippen LogP contribution in [0, 0.1) is 11.8 Å². The predicted molar refractivity (Wildman–Crippen MR) is 176 cm³/mol. The van der Waals surface area contributed by atoms with Gasteiger partial charge in [0, 0.05) is 52.9 Å². The maximum atomic E-state index is 13.0. The average molecular weight is 570 g/mol. The lowest BCUT2D eigenvalue weighted by Crippen LogP contribution is -2.31. The summed E-state index contributed by atoms with van der Waals surface area (Å²) in [5.41, 5.74) is 8.17. The van der Waals surface area contributed by atoms with Gasteiger partial charge in [-0.1, -0.05) is 49.3 Å². The highest BCUT2D eigenvalue weighted by atomic mass is 16.5. The van der Waals surface area contributed by atoms with Gasteiger partial charge in [-0.2, -0.15) is 0 Å². The zero-order chi connectivity index (χ0) is 29.4. The van der Waals surface area contributed by atoms with Crippen molar-refractivity contribution in [2.45, 2.75) is 58.0 Å². The summed E-state index contributed by atoms with van der Waals surface area (Å²) in [5, 5.41) is 6.68. The Morgan fingerprint density at radius 3 is 2.37 bits per heavy atom. The van der Waals surface area contributed by atoms with Gasteiger partial charge in [-0.3, -0.25) is 4.79 Å². The van der Waals surface area contributed by atoms with Crippen LogP contribution in [0.1, 0.15) is 71.6 Å². The third-order valence-electron chi connectivity index (χ3n) is 8.36. The lowest BCUT2D eigenvalue weighted by atomic mass is 9.94. The number of benzene rings is 4. The smallest absolute Gasteiger partial charge is 0.255 e. The van der Waals surface area contributed by atoms with E-state index in [1.165, 1.54) is 43.2 Å². The molecule has 0 saturated heterocycles. The second-order valence-electron chi connectivity index (χ2n) is 11.4. The van der Waals surface area contributed by atoms with Crippen LogP contribution in [0.4, 0.5) is 17.1 Å². The summed E-state index contributed by atoms with van der Waals surface area (Å²) in [6.07, 6.45) is 7.32. The van der Waals surface area contributed by atoms with Crippen molar-refractivity contribution >= 4 is 23.0 Å².